The van der Waals surface area contributed by atoms with Gasteiger partial charge in [-0.3, -0.25) is 9.09 Å². The summed E-state index contributed by atoms with van der Waals surface area (Å²) in [7, 11) is 1.05. The average Bonchev–Trinajstić information content (AvgIpc) is 2.56. The van der Waals surface area contributed by atoms with Crippen LogP contribution in [0.15, 0.2) is 0 Å². The van der Waals surface area contributed by atoms with Crippen molar-refractivity contribution in [2.45, 2.75) is 61.4 Å². The van der Waals surface area contributed by atoms with Gasteiger partial charge < -0.3 is 19.8 Å². The molecule has 1 aliphatic rings. The molecule has 0 amide bonds. The first-order valence-electron chi connectivity index (χ1n) is 6.16. The van der Waals surface area contributed by atoms with Crippen molar-refractivity contribution in [3.8, 4) is 0 Å². The molecule has 10 heteroatoms. The monoisotopic (exact) mass is 374 g/mol. The zero-order valence-electron chi connectivity index (χ0n) is 11.1. The molecule has 0 saturated carbocycles. The van der Waals surface area contributed by atoms with Gasteiger partial charge in [0.05, 0.1) is 17.0 Å². The Kier molecular flexibility index (Phi) is 6.24. The summed E-state index contributed by atoms with van der Waals surface area (Å²) in [5.41, 5.74) is 0. The number of aliphatic hydroxyl groups is 2. The van der Waals surface area contributed by atoms with Crippen LogP contribution in [-0.2, 0) is 13.8 Å². The van der Waals surface area contributed by atoms with E-state index in [1.165, 1.54) is 6.92 Å². The van der Waals surface area contributed by atoms with E-state index in [0.29, 0.717) is 0 Å². The summed E-state index contributed by atoms with van der Waals surface area (Å²) in [5, 5.41) is 19.0. The second kappa shape index (κ2) is 6.73. The van der Waals surface area contributed by atoms with Gasteiger partial charge in [-0.15, -0.1) is 0 Å². The molecule has 2 unspecified atom stereocenters. The van der Waals surface area contributed by atoms with Crippen LogP contribution in [0.3, 0.4) is 0 Å². The molecule has 1 heterocycles. The summed E-state index contributed by atoms with van der Waals surface area (Å²) in [4.78, 5) is 8.84. The highest BCUT2D eigenvalue weighted by Crippen LogP contribution is 2.52. The molecule has 0 aromatic carbocycles. The molecule has 1 rings (SSSR count). The van der Waals surface area contributed by atoms with Crippen molar-refractivity contribution in [2.75, 3.05) is 0 Å². The van der Waals surface area contributed by atoms with Crippen molar-refractivity contribution in [1.29, 1.82) is 0 Å². The fourth-order valence-electron chi connectivity index (χ4n) is 1.78. The fourth-order valence-corrected chi connectivity index (χ4v) is 3.07. The molecule has 1 saturated heterocycles. The molecule has 0 aromatic rings. The standard InChI is InChI=1S/C10H18BBrFO6P/c1-3-10(13,19-20(16,17)5(2)14)4-6-8(15)7(12)9(11)18-6/h5-9,14-15H,3-4H2,1-2H3,(H,16,17)/t5?,6-,7-,8-,9-,10-/m1/s1. The average molecular weight is 375 g/mol. The quantitative estimate of drug-likeness (QED) is 0.365. The van der Waals surface area contributed by atoms with Gasteiger partial charge in [0.15, 0.2) is 5.85 Å². The van der Waals surface area contributed by atoms with Gasteiger partial charge in [-0.2, -0.15) is 0 Å². The molecule has 20 heavy (non-hydrogen) atoms. The van der Waals surface area contributed by atoms with E-state index in [9.17, 15) is 19.0 Å². The van der Waals surface area contributed by atoms with Gasteiger partial charge in [0.1, 0.15) is 7.85 Å². The smallest absolute Gasteiger partial charge is 0.358 e. The summed E-state index contributed by atoms with van der Waals surface area (Å²) >= 11 is 3.12. The highest BCUT2D eigenvalue weighted by molar-refractivity contribution is 9.09. The van der Waals surface area contributed by atoms with Gasteiger partial charge in [0.2, 0.25) is 5.85 Å². The van der Waals surface area contributed by atoms with Crippen molar-refractivity contribution in [3.63, 3.8) is 0 Å². The zero-order chi connectivity index (χ0) is 15.7. The Hall–Kier alpha value is 0.505. The molecular weight excluding hydrogens is 357 g/mol. The van der Waals surface area contributed by atoms with Crippen molar-refractivity contribution in [1.82, 2.24) is 0 Å². The molecule has 116 valence electrons. The molecule has 0 spiro atoms. The lowest BCUT2D eigenvalue weighted by Crippen LogP contribution is -2.37. The normalized spacial score (nSPS) is 38.1. The third-order valence-corrected chi connectivity index (χ3v) is 5.75. The Morgan fingerprint density at radius 2 is 2.20 bits per heavy atom. The molecule has 3 N–H and O–H groups in total. The SMILES string of the molecule is [B][C@@H]1O[C@H](C[C@@](F)(CC)OP(=O)(O)C(C)O)[C@@H](O)[C@H]1Br. The van der Waals surface area contributed by atoms with E-state index in [1.807, 2.05) is 0 Å². The Bertz CT molecular complexity index is 389. The second-order valence-corrected chi connectivity index (χ2v) is 7.92. The Morgan fingerprint density at radius 3 is 2.55 bits per heavy atom. The van der Waals surface area contributed by atoms with E-state index in [4.69, 9.17) is 17.7 Å². The Balaban J connectivity index is 2.78. The summed E-state index contributed by atoms with van der Waals surface area (Å²) in [5.74, 6) is -4.23. The van der Waals surface area contributed by atoms with Crippen LogP contribution in [0, 0.1) is 0 Å². The number of rotatable bonds is 6. The molecule has 7 atom stereocenters. The predicted molar refractivity (Wildman–Crippen MR) is 74.5 cm³/mol. The van der Waals surface area contributed by atoms with Crippen molar-refractivity contribution in [2.24, 2.45) is 0 Å². The first-order chi connectivity index (χ1) is 9.02. The van der Waals surface area contributed by atoms with Crippen LogP contribution in [0.25, 0.3) is 0 Å². The van der Waals surface area contributed by atoms with Gasteiger partial charge in [0, 0.05) is 18.8 Å². The van der Waals surface area contributed by atoms with E-state index in [1.54, 1.807) is 0 Å². The van der Waals surface area contributed by atoms with Crippen molar-refractivity contribution >= 4 is 31.4 Å². The Labute approximate surface area is 126 Å². The Morgan fingerprint density at radius 1 is 1.65 bits per heavy atom. The van der Waals surface area contributed by atoms with E-state index >= 15 is 0 Å². The van der Waals surface area contributed by atoms with E-state index in [2.05, 4.69) is 20.5 Å². The maximum Gasteiger partial charge on any atom is 0.358 e. The molecule has 0 aliphatic carbocycles. The molecule has 0 bridgehead atoms. The topological polar surface area (TPSA) is 96.2 Å². The highest BCUT2D eigenvalue weighted by atomic mass is 79.9. The van der Waals surface area contributed by atoms with Crippen LogP contribution in [0.5, 0.6) is 0 Å². The molecule has 2 radical (unpaired) electrons. The predicted octanol–water partition coefficient (Wildman–Crippen LogP) is 1.01. The minimum atomic E-state index is -4.51. The van der Waals surface area contributed by atoms with Crippen molar-refractivity contribution in [3.05, 3.63) is 0 Å². The van der Waals surface area contributed by atoms with Crippen LogP contribution in [0.4, 0.5) is 4.39 Å². The third kappa shape index (κ3) is 4.26. The van der Waals surface area contributed by atoms with Crippen molar-refractivity contribution < 1.29 is 33.3 Å². The summed E-state index contributed by atoms with van der Waals surface area (Å²) in [6, 6.07) is -0.811. The lowest BCUT2D eigenvalue weighted by atomic mass is 9.95. The number of hydrogen-bond acceptors (Lipinski definition) is 5. The lowest BCUT2D eigenvalue weighted by molar-refractivity contribution is -0.120. The zero-order valence-corrected chi connectivity index (χ0v) is 13.6. The summed E-state index contributed by atoms with van der Waals surface area (Å²) < 4.78 is 35.9. The summed E-state index contributed by atoms with van der Waals surface area (Å²) in [6.07, 6.45) is -2.77. The fraction of sp³-hybridized carbons (Fsp3) is 1.00. The van der Waals surface area contributed by atoms with Gasteiger partial charge >= 0.3 is 7.60 Å². The third-order valence-electron chi connectivity index (χ3n) is 3.15. The van der Waals surface area contributed by atoms with Crippen LogP contribution in [0.1, 0.15) is 26.7 Å². The largest absolute Gasteiger partial charge is 0.389 e. The van der Waals surface area contributed by atoms with Gasteiger partial charge in [-0.25, -0.2) is 4.39 Å². The van der Waals surface area contributed by atoms with Gasteiger partial charge in [0.25, 0.3) is 0 Å². The molecule has 1 aliphatic heterocycles. The highest BCUT2D eigenvalue weighted by Gasteiger charge is 2.47. The number of aliphatic hydroxyl groups excluding tert-OH is 2. The van der Waals surface area contributed by atoms with Crippen LogP contribution in [-0.4, -0.2) is 57.7 Å². The maximum atomic E-state index is 14.5. The molecular formula is C10H18BBrFO6P. The second-order valence-electron chi connectivity index (χ2n) is 4.80. The minimum Gasteiger partial charge on any atom is -0.389 e. The number of halogens is 2. The number of alkyl halides is 2. The molecule has 1 fully saturated rings. The van der Waals surface area contributed by atoms with E-state index < -0.39 is 48.8 Å². The van der Waals surface area contributed by atoms with E-state index in [0.717, 1.165) is 6.92 Å². The van der Waals surface area contributed by atoms with Crippen LogP contribution in [0.2, 0.25) is 0 Å². The minimum absolute atomic E-state index is 0.251. The molecule has 0 aromatic heterocycles. The van der Waals surface area contributed by atoms with Crippen LogP contribution >= 0.6 is 23.5 Å². The molecule has 6 nitrogen and oxygen atoms in total. The van der Waals surface area contributed by atoms with E-state index in [-0.39, 0.29) is 6.42 Å². The van der Waals surface area contributed by atoms with Gasteiger partial charge in [-0.05, 0) is 6.92 Å². The van der Waals surface area contributed by atoms with Gasteiger partial charge in [-0.1, -0.05) is 22.9 Å². The van der Waals surface area contributed by atoms with Crippen LogP contribution < -0.4 is 0 Å². The lowest BCUT2D eigenvalue weighted by Gasteiger charge is -2.30. The maximum absolute atomic E-state index is 14.5. The number of hydrogen-bond donors (Lipinski definition) is 3. The summed E-state index contributed by atoms with van der Waals surface area (Å²) in [6.45, 7) is 2.44. The first-order valence-corrected chi connectivity index (χ1v) is 8.72. The first kappa shape index (κ1) is 18.6. The number of ether oxygens (including phenoxy) is 1.